The summed E-state index contributed by atoms with van der Waals surface area (Å²) in [6.07, 6.45) is 3.75. The van der Waals surface area contributed by atoms with E-state index in [0.29, 0.717) is 23.8 Å². The van der Waals surface area contributed by atoms with Gasteiger partial charge in [0.2, 0.25) is 11.7 Å². The number of rotatable bonds is 7. The second-order valence-electron chi connectivity index (χ2n) is 5.09. The summed E-state index contributed by atoms with van der Waals surface area (Å²) in [7, 11) is 0. The van der Waals surface area contributed by atoms with Gasteiger partial charge in [-0.05, 0) is 25.0 Å². The number of carbonyl (C=O) groups excluding carboxylic acids is 1. The van der Waals surface area contributed by atoms with Gasteiger partial charge >= 0.3 is 0 Å². The summed E-state index contributed by atoms with van der Waals surface area (Å²) in [4.78, 5) is 11.6. The van der Waals surface area contributed by atoms with E-state index in [-0.39, 0.29) is 25.2 Å². The Hall–Kier alpha value is -2.12. The molecule has 2 aromatic rings. The van der Waals surface area contributed by atoms with Crippen molar-refractivity contribution in [3.8, 4) is 11.5 Å². The Morgan fingerprint density at radius 3 is 3.18 bits per heavy atom. The van der Waals surface area contributed by atoms with Crippen molar-refractivity contribution in [2.24, 2.45) is 0 Å². The largest absolute Gasteiger partial charge is 0.461 e. The van der Waals surface area contributed by atoms with Crippen molar-refractivity contribution < 1.29 is 23.2 Å². The molecule has 1 aliphatic rings. The third-order valence-corrected chi connectivity index (χ3v) is 3.36. The predicted molar refractivity (Wildman–Crippen MR) is 75.8 cm³/mol. The number of carbonyl (C=O) groups is 1. The molecule has 118 valence electrons. The summed E-state index contributed by atoms with van der Waals surface area (Å²) in [5.74, 6) is 0.977. The quantitative estimate of drug-likeness (QED) is 0.838. The molecular weight excluding hydrogens is 288 g/mol. The average molecular weight is 306 g/mol. The lowest BCUT2D eigenvalue weighted by atomic mass is 10.2. The number of amides is 1. The fraction of sp³-hybridized carbons (Fsp3) is 0.467. The molecule has 22 heavy (non-hydrogen) atoms. The monoisotopic (exact) mass is 306 g/mol. The van der Waals surface area contributed by atoms with E-state index in [4.69, 9.17) is 18.4 Å². The fourth-order valence-corrected chi connectivity index (χ4v) is 2.25. The van der Waals surface area contributed by atoms with Crippen LogP contribution >= 0.6 is 0 Å². The Balaban J connectivity index is 1.36. The maximum absolute atomic E-state index is 11.6. The van der Waals surface area contributed by atoms with Crippen LogP contribution in [0.5, 0.6) is 0 Å². The number of hydrogen-bond donors (Lipinski definition) is 1. The van der Waals surface area contributed by atoms with E-state index in [2.05, 4.69) is 10.5 Å². The van der Waals surface area contributed by atoms with E-state index < -0.39 is 0 Å². The van der Waals surface area contributed by atoms with E-state index in [0.717, 1.165) is 19.4 Å². The zero-order chi connectivity index (χ0) is 15.2. The predicted octanol–water partition coefficient (Wildman–Crippen LogP) is 1.75. The van der Waals surface area contributed by atoms with Crippen LogP contribution in [-0.2, 0) is 20.9 Å². The summed E-state index contributed by atoms with van der Waals surface area (Å²) >= 11 is 0. The molecule has 0 radical (unpaired) electrons. The van der Waals surface area contributed by atoms with Crippen molar-refractivity contribution in [2.75, 3.05) is 19.8 Å². The highest BCUT2D eigenvalue weighted by molar-refractivity contribution is 5.77. The number of ether oxygens (including phenoxy) is 2. The van der Waals surface area contributed by atoms with Gasteiger partial charge in [0.1, 0.15) is 12.3 Å². The second kappa shape index (κ2) is 7.24. The fourth-order valence-electron chi connectivity index (χ4n) is 2.25. The van der Waals surface area contributed by atoms with Crippen molar-refractivity contribution in [3.05, 3.63) is 30.2 Å². The summed E-state index contributed by atoms with van der Waals surface area (Å²) in [6.45, 7) is 1.50. The van der Waals surface area contributed by atoms with Gasteiger partial charge in [0.15, 0.2) is 5.76 Å². The molecule has 3 heterocycles. The molecule has 3 rings (SSSR count). The summed E-state index contributed by atoms with van der Waals surface area (Å²) in [6, 6.07) is 5.28. The van der Waals surface area contributed by atoms with Crippen LogP contribution in [0.15, 0.2) is 33.4 Å². The lowest BCUT2D eigenvalue weighted by Crippen LogP contribution is -2.34. The van der Waals surface area contributed by atoms with Crippen molar-refractivity contribution in [1.82, 2.24) is 10.5 Å². The third-order valence-electron chi connectivity index (χ3n) is 3.36. The molecule has 1 fully saturated rings. The van der Waals surface area contributed by atoms with Crippen LogP contribution < -0.4 is 5.32 Å². The molecule has 0 spiro atoms. The Bertz CT molecular complexity index is 587. The molecule has 7 heteroatoms. The molecule has 0 aliphatic carbocycles. The normalized spacial score (nSPS) is 17.7. The number of hydrogen-bond acceptors (Lipinski definition) is 6. The zero-order valence-corrected chi connectivity index (χ0v) is 12.1. The minimum atomic E-state index is -0.162. The maximum atomic E-state index is 11.6. The Morgan fingerprint density at radius 2 is 2.41 bits per heavy atom. The molecular formula is C15H18N2O5. The van der Waals surface area contributed by atoms with Crippen molar-refractivity contribution in [1.29, 1.82) is 0 Å². The van der Waals surface area contributed by atoms with Crippen molar-refractivity contribution >= 4 is 5.91 Å². The molecule has 1 amide bonds. The highest BCUT2D eigenvalue weighted by Crippen LogP contribution is 2.20. The van der Waals surface area contributed by atoms with Crippen LogP contribution in [0.2, 0.25) is 0 Å². The highest BCUT2D eigenvalue weighted by atomic mass is 16.5. The molecule has 2 aromatic heterocycles. The lowest BCUT2D eigenvalue weighted by molar-refractivity contribution is -0.126. The van der Waals surface area contributed by atoms with Gasteiger partial charge in [-0.2, -0.15) is 0 Å². The molecule has 0 aromatic carbocycles. The third kappa shape index (κ3) is 3.96. The van der Waals surface area contributed by atoms with E-state index in [1.54, 1.807) is 24.5 Å². The lowest BCUT2D eigenvalue weighted by Gasteiger charge is -2.10. The number of furan rings is 1. The van der Waals surface area contributed by atoms with Crippen LogP contribution in [0.1, 0.15) is 18.5 Å². The average Bonchev–Trinajstić information content (AvgIpc) is 3.26. The second-order valence-corrected chi connectivity index (χ2v) is 5.09. The van der Waals surface area contributed by atoms with Gasteiger partial charge in [0, 0.05) is 19.2 Å². The van der Waals surface area contributed by atoms with Crippen molar-refractivity contribution in [3.63, 3.8) is 0 Å². The topological polar surface area (TPSA) is 86.7 Å². The van der Waals surface area contributed by atoms with E-state index >= 15 is 0 Å². The number of nitrogens with one attached hydrogen (secondary N) is 1. The molecule has 1 unspecified atom stereocenters. The van der Waals surface area contributed by atoms with Gasteiger partial charge in [0.05, 0.1) is 19.0 Å². The molecule has 7 nitrogen and oxygen atoms in total. The molecule has 1 aliphatic heterocycles. The van der Waals surface area contributed by atoms with Crippen LogP contribution in [0.3, 0.4) is 0 Å². The van der Waals surface area contributed by atoms with Gasteiger partial charge in [-0.25, -0.2) is 0 Å². The minimum Gasteiger partial charge on any atom is -0.461 e. The first-order valence-corrected chi connectivity index (χ1v) is 7.27. The van der Waals surface area contributed by atoms with Gasteiger partial charge in [-0.1, -0.05) is 5.16 Å². The molecule has 1 saturated heterocycles. The molecule has 1 atom stereocenters. The van der Waals surface area contributed by atoms with Crippen LogP contribution in [0.4, 0.5) is 0 Å². The Morgan fingerprint density at radius 1 is 1.45 bits per heavy atom. The van der Waals surface area contributed by atoms with Crippen molar-refractivity contribution in [2.45, 2.75) is 25.6 Å². The molecule has 0 saturated carbocycles. The first kappa shape index (κ1) is 14.8. The van der Waals surface area contributed by atoms with Gasteiger partial charge < -0.3 is 23.7 Å². The van der Waals surface area contributed by atoms with Crippen LogP contribution in [-0.4, -0.2) is 36.9 Å². The SMILES string of the molecule is O=C(COCc1cc(-c2ccco2)on1)NCC1CCCO1. The van der Waals surface area contributed by atoms with Gasteiger partial charge in [-0.3, -0.25) is 4.79 Å². The first-order chi connectivity index (χ1) is 10.8. The van der Waals surface area contributed by atoms with Crippen LogP contribution in [0.25, 0.3) is 11.5 Å². The molecule has 0 bridgehead atoms. The summed E-state index contributed by atoms with van der Waals surface area (Å²) < 4.78 is 21.1. The standard InChI is InChI=1S/C15H18N2O5/c18-15(16-8-12-3-1-5-20-12)10-19-9-11-7-14(22-17-11)13-4-2-6-21-13/h2,4,6-7,12H,1,3,5,8-10H2,(H,16,18). The summed E-state index contributed by atoms with van der Waals surface area (Å²) in [5, 5.41) is 6.66. The summed E-state index contributed by atoms with van der Waals surface area (Å²) in [5.41, 5.74) is 0.610. The first-order valence-electron chi connectivity index (χ1n) is 7.27. The van der Waals surface area contributed by atoms with Gasteiger partial charge in [0.25, 0.3) is 0 Å². The zero-order valence-electron chi connectivity index (χ0n) is 12.1. The van der Waals surface area contributed by atoms with E-state index in [1.807, 2.05) is 0 Å². The molecule has 1 N–H and O–H groups in total. The number of aromatic nitrogens is 1. The highest BCUT2D eigenvalue weighted by Gasteiger charge is 2.16. The Labute approximate surface area is 127 Å². The minimum absolute atomic E-state index is 0.0182. The maximum Gasteiger partial charge on any atom is 0.246 e. The number of nitrogens with zero attached hydrogens (tertiary/aromatic N) is 1. The van der Waals surface area contributed by atoms with E-state index in [9.17, 15) is 4.79 Å². The smallest absolute Gasteiger partial charge is 0.246 e. The Kier molecular flexibility index (Phi) is 4.87. The van der Waals surface area contributed by atoms with Crippen LogP contribution in [0, 0.1) is 0 Å². The van der Waals surface area contributed by atoms with E-state index in [1.165, 1.54) is 0 Å². The van der Waals surface area contributed by atoms with Gasteiger partial charge in [-0.15, -0.1) is 0 Å².